The van der Waals surface area contributed by atoms with Gasteiger partial charge in [0.05, 0.1) is 20.3 Å². The van der Waals surface area contributed by atoms with Crippen LogP contribution >= 0.6 is 11.6 Å². The molecular weight excluding hydrogens is 544 g/mol. The Hall–Kier alpha value is -3.89. The lowest BCUT2D eigenvalue weighted by Gasteiger charge is -2.34. The first-order valence-corrected chi connectivity index (χ1v) is 14.0. The van der Waals surface area contributed by atoms with Gasteiger partial charge in [-0.05, 0) is 22.3 Å². The molecule has 0 bridgehead atoms. The summed E-state index contributed by atoms with van der Waals surface area (Å²) in [4.78, 5) is 35.0. The van der Waals surface area contributed by atoms with Crippen LogP contribution in [0.15, 0.2) is 54.6 Å². The molecule has 0 unspecified atom stereocenters. The minimum atomic E-state index is -0.0143. The largest absolute Gasteiger partial charge is 0.481 e. The Morgan fingerprint density at radius 1 is 0.756 bits per heavy atom. The normalized spacial score (nSPS) is 13.0. The summed E-state index contributed by atoms with van der Waals surface area (Å²) in [5.74, 6) is 2.15. The highest BCUT2D eigenvalue weighted by atomic mass is 35.5. The van der Waals surface area contributed by atoms with Crippen molar-refractivity contribution in [3.8, 4) is 11.8 Å². The second-order valence-electron chi connectivity index (χ2n) is 9.60. The summed E-state index contributed by atoms with van der Waals surface area (Å²) in [6, 6.07) is 17.9. The van der Waals surface area contributed by atoms with Crippen molar-refractivity contribution in [1.29, 1.82) is 0 Å². The van der Waals surface area contributed by atoms with Crippen LogP contribution in [0, 0.1) is 0 Å². The molecule has 1 aliphatic heterocycles. The Morgan fingerprint density at radius 2 is 1.20 bits per heavy atom. The fraction of sp³-hybridized carbons (Fsp3) is 0.400. The van der Waals surface area contributed by atoms with E-state index in [1.54, 1.807) is 20.3 Å². The van der Waals surface area contributed by atoms with Crippen molar-refractivity contribution in [2.45, 2.75) is 39.4 Å². The average Bonchev–Trinajstić information content (AvgIpc) is 3.00. The van der Waals surface area contributed by atoms with Gasteiger partial charge in [-0.3, -0.25) is 14.5 Å². The molecule has 2 amide bonds. The molecule has 4 rings (SSSR count). The van der Waals surface area contributed by atoms with Gasteiger partial charge in [0.2, 0.25) is 29.5 Å². The van der Waals surface area contributed by atoms with Gasteiger partial charge in [0.25, 0.3) is 0 Å². The van der Waals surface area contributed by atoms with E-state index in [9.17, 15) is 9.59 Å². The number of hydrogen-bond donors (Lipinski definition) is 2. The van der Waals surface area contributed by atoms with E-state index in [0.717, 1.165) is 49.4 Å². The molecule has 0 atom stereocenters. The lowest BCUT2D eigenvalue weighted by molar-refractivity contribution is -0.120. The zero-order chi connectivity index (χ0) is 29.6. The molecule has 1 saturated heterocycles. The van der Waals surface area contributed by atoms with Crippen LogP contribution in [0.25, 0.3) is 0 Å². The number of carbonyl (C=O) groups is 2. The number of benzene rings is 2. The summed E-state index contributed by atoms with van der Waals surface area (Å²) in [7, 11) is 3.18. The van der Waals surface area contributed by atoms with Gasteiger partial charge in [0, 0.05) is 65.5 Å². The number of ether oxygens (including phenoxy) is 2. The zero-order valence-corrected chi connectivity index (χ0v) is 24.9. The number of alkyl halides is 1. The highest BCUT2D eigenvalue weighted by molar-refractivity contribution is 6.17. The van der Waals surface area contributed by atoms with Gasteiger partial charge in [-0.15, -0.1) is 11.6 Å². The molecule has 0 aliphatic carbocycles. The second-order valence-corrected chi connectivity index (χ2v) is 9.87. The number of nitrogens with one attached hydrogen (secondary N) is 2. The molecule has 0 spiro atoms. The fourth-order valence-electron chi connectivity index (χ4n) is 4.07. The van der Waals surface area contributed by atoms with Crippen molar-refractivity contribution in [1.82, 2.24) is 25.5 Å². The van der Waals surface area contributed by atoms with Crippen molar-refractivity contribution >= 4 is 29.4 Å². The molecule has 11 heteroatoms. The molecule has 3 aromatic rings. The molecular formula is C30H39ClN6O4. The number of halogens is 1. The zero-order valence-electron chi connectivity index (χ0n) is 24.2. The first-order chi connectivity index (χ1) is 19.8. The Labute approximate surface area is 247 Å². The molecule has 41 heavy (non-hydrogen) atoms. The van der Waals surface area contributed by atoms with Crippen LogP contribution in [0.1, 0.15) is 36.1 Å². The fourth-order valence-corrected chi connectivity index (χ4v) is 4.25. The maximum atomic E-state index is 11.0. The Morgan fingerprint density at radius 3 is 1.61 bits per heavy atom. The number of hydrogen-bond acceptors (Lipinski definition) is 8. The summed E-state index contributed by atoms with van der Waals surface area (Å²) >= 11 is 5.64. The number of piperazine rings is 1. The van der Waals surface area contributed by atoms with Gasteiger partial charge in [0.1, 0.15) is 0 Å². The number of amides is 2. The van der Waals surface area contributed by atoms with Gasteiger partial charge in [-0.2, -0.15) is 9.97 Å². The van der Waals surface area contributed by atoms with Gasteiger partial charge >= 0.3 is 0 Å². The van der Waals surface area contributed by atoms with Crippen LogP contribution < -0.4 is 25.0 Å². The molecule has 2 aromatic carbocycles. The number of rotatable bonds is 10. The van der Waals surface area contributed by atoms with E-state index in [2.05, 4.69) is 54.7 Å². The number of nitrogens with zero attached hydrogens (tertiary/aromatic N) is 4. The SMILES string of the molecule is CC(=O)NCc1ccc(CCl)cc1.COc1cc(OC)nc(N2CCN(Cc3ccc(CNC(C)=O)cc3)CC2)n1. The van der Waals surface area contributed by atoms with Crippen LogP contribution in [0.3, 0.4) is 0 Å². The quantitative estimate of drug-likeness (QED) is 0.350. The van der Waals surface area contributed by atoms with Gasteiger partial charge in [-0.25, -0.2) is 0 Å². The third kappa shape index (κ3) is 10.9. The summed E-state index contributed by atoms with van der Waals surface area (Å²) < 4.78 is 10.5. The topological polar surface area (TPSA) is 109 Å². The average molecular weight is 583 g/mol. The molecule has 220 valence electrons. The monoisotopic (exact) mass is 582 g/mol. The number of carbonyl (C=O) groups excluding carboxylic acids is 2. The van der Waals surface area contributed by atoms with E-state index in [1.807, 2.05) is 24.3 Å². The summed E-state index contributed by atoms with van der Waals surface area (Å²) in [6.45, 7) is 8.63. The first kappa shape index (κ1) is 31.6. The summed E-state index contributed by atoms with van der Waals surface area (Å²) in [5, 5.41) is 5.54. The molecule has 0 saturated carbocycles. The Kier molecular flexibility index (Phi) is 12.6. The third-order valence-corrected chi connectivity index (χ3v) is 6.74. The lowest BCUT2D eigenvalue weighted by atomic mass is 10.1. The van der Waals surface area contributed by atoms with Crippen LogP contribution in [-0.2, 0) is 35.1 Å². The maximum Gasteiger partial charge on any atom is 0.232 e. The van der Waals surface area contributed by atoms with Crippen molar-refractivity contribution in [2.75, 3.05) is 45.3 Å². The van der Waals surface area contributed by atoms with E-state index in [4.69, 9.17) is 21.1 Å². The summed E-state index contributed by atoms with van der Waals surface area (Å²) in [5.41, 5.74) is 4.55. The maximum absolute atomic E-state index is 11.0. The van der Waals surface area contributed by atoms with E-state index in [1.165, 1.54) is 19.4 Å². The minimum absolute atomic E-state index is 0.0126. The second kappa shape index (κ2) is 16.4. The van der Waals surface area contributed by atoms with Crippen LogP contribution in [0.2, 0.25) is 0 Å². The molecule has 1 aliphatic rings. The van der Waals surface area contributed by atoms with Gasteiger partial charge in [0.15, 0.2) is 0 Å². The highest BCUT2D eigenvalue weighted by Gasteiger charge is 2.20. The highest BCUT2D eigenvalue weighted by Crippen LogP contribution is 2.21. The molecule has 1 aromatic heterocycles. The van der Waals surface area contributed by atoms with Gasteiger partial charge in [-0.1, -0.05) is 48.5 Å². The third-order valence-electron chi connectivity index (χ3n) is 6.43. The Balaban J connectivity index is 0.000000298. The standard InChI is InChI=1S/C20H27N5O3.C10H12ClNO/c1-15(26)21-13-16-4-6-17(7-5-16)14-24-8-10-25(11-9-24)20-22-18(27-2)12-19(23-20)28-3;1-8(13)12-7-10-4-2-9(6-11)3-5-10/h4-7,12H,8-11,13-14H2,1-3H3,(H,21,26);2-5H,6-7H2,1H3,(H,12,13). The lowest BCUT2D eigenvalue weighted by Crippen LogP contribution is -2.46. The predicted molar refractivity (Wildman–Crippen MR) is 160 cm³/mol. The van der Waals surface area contributed by atoms with E-state index < -0.39 is 0 Å². The molecule has 10 nitrogen and oxygen atoms in total. The number of methoxy groups -OCH3 is 2. The first-order valence-electron chi connectivity index (χ1n) is 13.4. The minimum Gasteiger partial charge on any atom is -0.481 e. The molecule has 2 N–H and O–H groups in total. The smallest absolute Gasteiger partial charge is 0.232 e. The molecule has 0 radical (unpaired) electrons. The summed E-state index contributed by atoms with van der Waals surface area (Å²) in [6.07, 6.45) is 0. The number of aromatic nitrogens is 2. The van der Waals surface area contributed by atoms with Crippen LogP contribution in [0.4, 0.5) is 5.95 Å². The van der Waals surface area contributed by atoms with Crippen molar-refractivity contribution in [3.63, 3.8) is 0 Å². The van der Waals surface area contributed by atoms with Crippen LogP contribution in [-0.4, -0.2) is 67.1 Å². The van der Waals surface area contributed by atoms with Crippen molar-refractivity contribution in [2.24, 2.45) is 0 Å². The molecule has 1 fully saturated rings. The Bertz CT molecular complexity index is 1230. The van der Waals surface area contributed by atoms with Crippen LogP contribution in [0.5, 0.6) is 11.8 Å². The van der Waals surface area contributed by atoms with E-state index in [-0.39, 0.29) is 11.8 Å². The molecule has 2 heterocycles. The predicted octanol–water partition coefficient (Wildman–Crippen LogP) is 3.51. The van der Waals surface area contributed by atoms with Crippen molar-refractivity contribution in [3.05, 3.63) is 76.9 Å². The number of anilines is 1. The van der Waals surface area contributed by atoms with Gasteiger partial charge < -0.3 is 25.0 Å². The van der Waals surface area contributed by atoms with E-state index >= 15 is 0 Å². The van der Waals surface area contributed by atoms with E-state index in [0.29, 0.717) is 36.7 Å². The van der Waals surface area contributed by atoms with Crippen molar-refractivity contribution < 1.29 is 19.1 Å².